The van der Waals surface area contributed by atoms with Crippen molar-refractivity contribution in [3.05, 3.63) is 20.7 Å². The Morgan fingerprint density at radius 1 is 1.65 bits per heavy atom. The zero-order chi connectivity index (χ0) is 14.8. The first kappa shape index (κ1) is 14.8. The monoisotopic (exact) mass is 295 g/mol. The minimum Gasteiger partial charge on any atom is -0.300 e. The van der Waals surface area contributed by atoms with E-state index < -0.39 is 16.7 Å². The number of hydrogen-bond acceptors (Lipinski definition) is 6. The van der Waals surface area contributed by atoms with Gasteiger partial charge >= 0.3 is 11.1 Å². The summed E-state index contributed by atoms with van der Waals surface area (Å²) in [5, 5.41) is 15.7. The Bertz CT molecular complexity index is 646. The van der Waals surface area contributed by atoms with Gasteiger partial charge in [0.05, 0.1) is 6.07 Å². The third kappa shape index (κ3) is 2.94. The normalized spacial score (nSPS) is 25.6. The molecule has 1 aliphatic carbocycles. The number of aromatic nitrogens is 3. The Balaban J connectivity index is 2.13. The van der Waals surface area contributed by atoms with E-state index in [0.29, 0.717) is 11.6 Å². The molecule has 0 spiro atoms. The SMILES string of the molecule is CCNC1(C#N)CCC(Sc2nc(=O)c(=O)[nH]n2C)C1. The van der Waals surface area contributed by atoms with Gasteiger partial charge < -0.3 is 0 Å². The summed E-state index contributed by atoms with van der Waals surface area (Å²) in [6.45, 7) is 2.73. The lowest BCUT2D eigenvalue weighted by Gasteiger charge is -2.21. The fraction of sp³-hybridized carbons (Fsp3) is 0.667. The molecule has 7 nitrogen and oxygen atoms in total. The molecule has 1 heterocycles. The fourth-order valence-corrected chi connectivity index (χ4v) is 3.70. The molecule has 1 aromatic rings. The Hall–Kier alpha value is -1.59. The van der Waals surface area contributed by atoms with Gasteiger partial charge in [0.1, 0.15) is 5.54 Å². The highest BCUT2D eigenvalue weighted by Crippen LogP contribution is 2.38. The van der Waals surface area contributed by atoms with Crippen LogP contribution in [0.25, 0.3) is 0 Å². The average Bonchev–Trinajstić information content (AvgIpc) is 2.80. The van der Waals surface area contributed by atoms with E-state index in [0.717, 1.165) is 19.4 Å². The van der Waals surface area contributed by atoms with E-state index >= 15 is 0 Å². The minimum atomic E-state index is -0.776. The Kier molecular flexibility index (Phi) is 4.30. The number of hydrogen-bond donors (Lipinski definition) is 2. The first-order chi connectivity index (χ1) is 9.49. The number of nitriles is 1. The largest absolute Gasteiger partial charge is 0.339 e. The number of nitrogens with zero attached hydrogens (tertiary/aromatic N) is 3. The van der Waals surface area contributed by atoms with Gasteiger partial charge in [-0.05, 0) is 25.8 Å². The van der Waals surface area contributed by atoms with Gasteiger partial charge in [-0.25, -0.2) is 0 Å². The third-order valence-electron chi connectivity index (χ3n) is 3.42. The van der Waals surface area contributed by atoms with Crippen LogP contribution in [0, 0.1) is 11.3 Å². The molecule has 0 aliphatic heterocycles. The Morgan fingerprint density at radius 3 is 3.05 bits per heavy atom. The van der Waals surface area contributed by atoms with Gasteiger partial charge in [-0.1, -0.05) is 18.7 Å². The van der Waals surface area contributed by atoms with Crippen molar-refractivity contribution < 1.29 is 0 Å². The maximum absolute atomic E-state index is 11.3. The summed E-state index contributed by atoms with van der Waals surface area (Å²) in [5.41, 5.74) is -1.97. The van der Waals surface area contributed by atoms with Crippen LogP contribution in [0.5, 0.6) is 0 Å². The number of nitrogens with one attached hydrogen (secondary N) is 2. The molecule has 1 saturated carbocycles. The topological polar surface area (TPSA) is 104 Å². The van der Waals surface area contributed by atoms with Crippen LogP contribution in [0.15, 0.2) is 14.7 Å². The molecule has 2 N–H and O–H groups in total. The third-order valence-corrected chi connectivity index (χ3v) is 4.73. The van der Waals surface area contributed by atoms with Crippen molar-refractivity contribution in [3.8, 4) is 6.07 Å². The molecule has 8 heteroatoms. The highest BCUT2D eigenvalue weighted by Gasteiger charge is 2.39. The lowest BCUT2D eigenvalue weighted by molar-refractivity contribution is 0.436. The number of rotatable bonds is 4. The second-order valence-electron chi connectivity index (χ2n) is 4.91. The Morgan fingerprint density at radius 2 is 2.40 bits per heavy atom. The molecule has 0 bridgehead atoms. The minimum absolute atomic E-state index is 0.206. The average molecular weight is 295 g/mol. The lowest BCUT2D eigenvalue weighted by Crippen LogP contribution is -2.41. The van der Waals surface area contributed by atoms with Crippen molar-refractivity contribution in [2.75, 3.05) is 6.54 Å². The molecule has 0 aromatic carbocycles. The summed E-state index contributed by atoms with van der Waals surface area (Å²) in [5.74, 6) is 0. The quantitative estimate of drug-likeness (QED) is 0.757. The molecule has 0 saturated heterocycles. The first-order valence-corrected chi connectivity index (χ1v) is 7.38. The van der Waals surface area contributed by atoms with Crippen molar-refractivity contribution in [2.24, 2.45) is 7.05 Å². The molecule has 108 valence electrons. The second kappa shape index (κ2) is 5.81. The molecule has 1 aliphatic rings. The van der Waals surface area contributed by atoms with Gasteiger partial charge in [-0.2, -0.15) is 10.2 Å². The second-order valence-corrected chi connectivity index (χ2v) is 6.17. The molecule has 1 aromatic heterocycles. The molecule has 0 amide bonds. The van der Waals surface area contributed by atoms with Crippen LogP contribution in [-0.2, 0) is 7.05 Å². The van der Waals surface area contributed by atoms with E-state index in [1.807, 2.05) is 6.92 Å². The summed E-state index contributed by atoms with van der Waals surface area (Å²) in [4.78, 5) is 26.2. The van der Waals surface area contributed by atoms with Gasteiger partial charge in [0.25, 0.3) is 0 Å². The molecule has 20 heavy (non-hydrogen) atoms. The van der Waals surface area contributed by atoms with Gasteiger partial charge in [0.2, 0.25) is 0 Å². The highest BCUT2D eigenvalue weighted by atomic mass is 32.2. The standard InChI is InChI=1S/C12H17N5O2S/c1-3-14-12(7-13)5-4-8(6-12)20-11-15-9(18)10(19)16-17(11)2/h8,14H,3-6H2,1-2H3,(H,16,19). The van der Waals surface area contributed by atoms with Crippen LogP contribution in [-0.4, -0.2) is 32.1 Å². The van der Waals surface area contributed by atoms with Crippen LogP contribution in [0.3, 0.4) is 0 Å². The lowest BCUT2D eigenvalue weighted by atomic mass is 10.0. The summed E-state index contributed by atoms with van der Waals surface area (Å²) in [6, 6.07) is 2.36. The van der Waals surface area contributed by atoms with E-state index in [1.165, 1.54) is 16.4 Å². The van der Waals surface area contributed by atoms with E-state index in [-0.39, 0.29) is 5.25 Å². The first-order valence-electron chi connectivity index (χ1n) is 6.50. The summed E-state index contributed by atoms with van der Waals surface area (Å²) in [6.07, 6.45) is 2.36. The van der Waals surface area contributed by atoms with Crippen molar-refractivity contribution in [1.29, 1.82) is 5.26 Å². The number of H-pyrrole nitrogens is 1. The van der Waals surface area contributed by atoms with Crippen LogP contribution in [0.1, 0.15) is 26.2 Å². The van der Waals surface area contributed by atoms with E-state index in [9.17, 15) is 14.9 Å². The fourth-order valence-electron chi connectivity index (χ4n) is 2.46. The number of aryl methyl sites for hydroxylation is 1. The van der Waals surface area contributed by atoms with Crippen molar-refractivity contribution >= 4 is 11.8 Å². The number of thioether (sulfide) groups is 1. The maximum Gasteiger partial charge on any atom is 0.339 e. The van der Waals surface area contributed by atoms with Crippen molar-refractivity contribution in [1.82, 2.24) is 20.1 Å². The summed E-state index contributed by atoms with van der Waals surface area (Å²) >= 11 is 1.43. The van der Waals surface area contributed by atoms with Gasteiger partial charge in [0.15, 0.2) is 5.16 Å². The van der Waals surface area contributed by atoms with Crippen molar-refractivity contribution in [3.63, 3.8) is 0 Å². The Labute approximate surface area is 120 Å². The molecular formula is C12H17N5O2S. The van der Waals surface area contributed by atoms with Crippen LogP contribution >= 0.6 is 11.8 Å². The van der Waals surface area contributed by atoms with Crippen LogP contribution < -0.4 is 16.4 Å². The van der Waals surface area contributed by atoms with Crippen LogP contribution in [0.4, 0.5) is 0 Å². The van der Waals surface area contributed by atoms with Crippen LogP contribution in [0.2, 0.25) is 0 Å². The van der Waals surface area contributed by atoms with E-state index in [4.69, 9.17) is 0 Å². The summed E-state index contributed by atoms with van der Waals surface area (Å²) in [7, 11) is 1.65. The molecule has 0 radical (unpaired) electrons. The molecule has 1 fully saturated rings. The van der Waals surface area contributed by atoms with E-state index in [1.54, 1.807) is 7.05 Å². The zero-order valence-corrected chi connectivity index (χ0v) is 12.3. The number of aromatic amines is 1. The molecule has 2 rings (SSSR count). The van der Waals surface area contributed by atoms with Gasteiger partial charge in [0, 0.05) is 12.3 Å². The maximum atomic E-state index is 11.3. The smallest absolute Gasteiger partial charge is 0.300 e. The van der Waals surface area contributed by atoms with Gasteiger partial charge in [-0.3, -0.25) is 24.7 Å². The highest BCUT2D eigenvalue weighted by molar-refractivity contribution is 7.99. The zero-order valence-electron chi connectivity index (χ0n) is 11.5. The molecular weight excluding hydrogens is 278 g/mol. The predicted molar refractivity (Wildman–Crippen MR) is 75.6 cm³/mol. The summed E-state index contributed by atoms with van der Waals surface area (Å²) < 4.78 is 1.45. The molecule has 2 unspecified atom stereocenters. The van der Waals surface area contributed by atoms with Gasteiger partial charge in [-0.15, -0.1) is 0 Å². The van der Waals surface area contributed by atoms with Crippen molar-refractivity contribution in [2.45, 2.75) is 42.1 Å². The van der Waals surface area contributed by atoms with E-state index in [2.05, 4.69) is 21.5 Å². The molecule has 2 atom stereocenters. The predicted octanol–water partition coefficient (Wildman–Crippen LogP) is -0.0149.